The highest BCUT2D eigenvalue weighted by Crippen LogP contribution is 2.32. The second kappa shape index (κ2) is 25.4. The zero-order chi connectivity index (χ0) is 41.5. The van der Waals surface area contributed by atoms with Gasteiger partial charge in [0.1, 0.15) is 19.8 Å². The van der Waals surface area contributed by atoms with E-state index in [1.54, 1.807) is 0 Å². The number of halogens is 6. The van der Waals surface area contributed by atoms with Crippen LogP contribution in [0.3, 0.4) is 0 Å². The summed E-state index contributed by atoms with van der Waals surface area (Å²) >= 11 is 20.6. The summed E-state index contributed by atoms with van der Waals surface area (Å²) in [5, 5.41) is -1.92. The first kappa shape index (κ1) is 49.1. The van der Waals surface area contributed by atoms with Gasteiger partial charge < -0.3 is 14.2 Å². The van der Waals surface area contributed by atoms with Crippen LogP contribution in [0.5, 0.6) is 0 Å². The third-order valence-electron chi connectivity index (χ3n) is 6.81. The van der Waals surface area contributed by atoms with Crippen LogP contribution in [0.2, 0.25) is 0 Å². The SMILES string of the molecule is O=C(OCCn1c(=O)n(CCOC(=O)SSCc2cc(Br)cc(Br)c2)c(=O)n(CCOC(=O)SSCc2cc(Br)cc(Br)c2)c1=O)SSCc1cc(Br)cc(Br)c1. The van der Waals surface area contributed by atoms with Crippen molar-refractivity contribution in [2.45, 2.75) is 36.9 Å². The molecular weight excluding hydrogens is 1250 g/mol. The van der Waals surface area contributed by atoms with Crippen molar-refractivity contribution in [2.75, 3.05) is 19.8 Å². The van der Waals surface area contributed by atoms with Crippen LogP contribution in [0, 0.1) is 0 Å². The van der Waals surface area contributed by atoms with Crippen molar-refractivity contribution in [1.82, 2.24) is 13.7 Å². The molecule has 306 valence electrons. The molecule has 0 atom stereocenters. The smallest absolute Gasteiger partial charge is 0.378 e. The molecule has 0 aliphatic rings. The summed E-state index contributed by atoms with van der Waals surface area (Å²) in [6.07, 6.45) is 0. The fraction of sp³-hybridized carbons (Fsp3) is 0.273. The third kappa shape index (κ3) is 17.4. The Labute approximate surface area is 400 Å². The Morgan fingerprint density at radius 1 is 0.421 bits per heavy atom. The topological polar surface area (TPSA) is 145 Å². The molecule has 0 aliphatic carbocycles. The lowest BCUT2D eigenvalue weighted by Gasteiger charge is -2.14. The van der Waals surface area contributed by atoms with Crippen LogP contribution in [0.15, 0.2) is 95.8 Å². The van der Waals surface area contributed by atoms with Crippen LogP contribution < -0.4 is 17.1 Å². The van der Waals surface area contributed by atoms with Crippen LogP contribution >= 0.6 is 160 Å². The first-order chi connectivity index (χ1) is 27.2. The van der Waals surface area contributed by atoms with Gasteiger partial charge >= 0.3 is 33.0 Å². The van der Waals surface area contributed by atoms with Crippen LogP contribution in [-0.4, -0.2) is 49.4 Å². The average Bonchev–Trinajstić information content (AvgIpc) is 3.11. The monoisotopic (exact) mass is 1270 g/mol. The highest BCUT2D eigenvalue weighted by Gasteiger charge is 2.18. The average molecular weight is 1280 g/mol. The number of benzene rings is 3. The molecular formula is C33H27Br6N3O9S6. The van der Waals surface area contributed by atoms with E-state index in [0.29, 0.717) is 17.3 Å². The molecule has 3 aromatic carbocycles. The summed E-state index contributed by atoms with van der Waals surface area (Å²) in [4.78, 5) is 77.7. The number of aromatic nitrogens is 3. The summed E-state index contributed by atoms with van der Waals surface area (Å²) in [5.41, 5.74) is -0.0669. The molecule has 1 heterocycles. The molecule has 1 aromatic heterocycles. The zero-order valence-corrected chi connectivity index (χ0v) is 43.2. The molecule has 0 radical (unpaired) electrons. The molecule has 4 rings (SSSR count). The number of carbonyl (C=O) groups is 3. The van der Waals surface area contributed by atoms with Crippen LogP contribution in [0.4, 0.5) is 14.4 Å². The molecule has 0 aliphatic heterocycles. The van der Waals surface area contributed by atoms with Gasteiger partial charge in [0, 0.05) is 76.5 Å². The fourth-order valence-corrected chi connectivity index (χ4v) is 13.5. The summed E-state index contributed by atoms with van der Waals surface area (Å²) in [5.74, 6) is 1.51. The van der Waals surface area contributed by atoms with E-state index < -0.39 is 33.0 Å². The molecule has 0 saturated heterocycles. The highest BCUT2D eigenvalue weighted by molar-refractivity contribution is 9.11. The standard InChI is InChI=1S/C33H27Br6N3O9S6/c34-22-7-19(8-23(35)13-22)16-52-55-31(46)49-4-1-40-28(43)41(2-5-50-32(47)56-53-17-20-9-24(36)14-25(37)10-20)30(45)42(29(40)44)3-6-51-33(48)57-54-18-21-11-26(38)15-27(39)12-21/h7-15H,1-6,16-18H2. The van der Waals surface area contributed by atoms with Crippen molar-refractivity contribution >= 4 is 176 Å². The Hall–Kier alpha value is -0.540. The Morgan fingerprint density at radius 3 is 0.877 bits per heavy atom. The molecule has 4 aromatic rings. The van der Waals surface area contributed by atoms with Crippen LogP contribution in [0.1, 0.15) is 16.7 Å². The lowest BCUT2D eigenvalue weighted by Crippen LogP contribution is -2.55. The Morgan fingerprint density at radius 2 is 0.649 bits per heavy atom. The van der Waals surface area contributed by atoms with Crippen molar-refractivity contribution in [3.05, 3.63) is 130 Å². The molecule has 0 saturated carbocycles. The van der Waals surface area contributed by atoms with Crippen LogP contribution in [-0.2, 0) is 51.1 Å². The molecule has 0 N–H and O–H groups in total. The van der Waals surface area contributed by atoms with Gasteiger partial charge in [-0.3, -0.25) is 0 Å². The number of carbonyl (C=O) groups excluding carboxylic acids is 3. The summed E-state index contributed by atoms with van der Waals surface area (Å²) in [6, 6.07) is 17.2. The van der Waals surface area contributed by atoms with E-state index in [0.717, 1.165) is 89.6 Å². The normalized spacial score (nSPS) is 11.1. The van der Waals surface area contributed by atoms with Gasteiger partial charge in [0.25, 0.3) is 0 Å². The second-order valence-corrected chi connectivity index (χ2v) is 23.2. The molecule has 0 fully saturated rings. The maximum atomic E-state index is 13.4. The molecule has 0 unspecified atom stereocenters. The van der Waals surface area contributed by atoms with E-state index >= 15 is 0 Å². The van der Waals surface area contributed by atoms with E-state index in [2.05, 4.69) is 95.6 Å². The Bertz CT molecular complexity index is 1930. The molecule has 57 heavy (non-hydrogen) atoms. The maximum Gasteiger partial charge on any atom is 0.378 e. The predicted octanol–water partition coefficient (Wildman–Crippen LogP) is 11.9. The van der Waals surface area contributed by atoms with Gasteiger partial charge in [0.15, 0.2) is 0 Å². The molecule has 0 spiro atoms. The van der Waals surface area contributed by atoms with Gasteiger partial charge in [-0.25, -0.2) is 42.5 Å². The summed E-state index contributed by atoms with van der Waals surface area (Å²) in [6.45, 7) is -2.17. The van der Waals surface area contributed by atoms with Gasteiger partial charge in [0.05, 0.1) is 19.6 Å². The largest absolute Gasteiger partial charge is 0.455 e. The van der Waals surface area contributed by atoms with E-state index in [9.17, 15) is 28.8 Å². The summed E-state index contributed by atoms with van der Waals surface area (Å²) in [7, 11) is 6.32. The van der Waals surface area contributed by atoms with E-state index in [4.69, 9.17) is 14.2 Å². The minimum atomic E-state index is -0.985. The van der Waals surface area contributed by atoms with Gasteiger partial charge in [-0.05, 0) is 71.3 Å². The minimum absolute atomic E-state index is 0.350. The van der Waals surface area contributed by atoms with Crippen LogP contribution in [0.25, 0.3) is 0 Å². The second-order valence-electron chi connectivity index (χ2n) is 11.0. The number of rotatable bonds is 18. The van der Waals surface area contributed by atoms with Crippen molar-refractivity contribution in [3.63, 3.8) is 0 Å². The Balaban J connectivity index is 1.36. The third-order valence-corrected chi connectivity index (χ3v) is 15.4. The van der Waals surface area contributed by atoms with Crippen molar-refractivity contribution in [1.29, 1.82) is 0 Å². The molecule has 0 bridgehead atoms. The number of hydrogen-bond donors (Lipinski definition) is 0. The van der Waals surface area contributed by atoms with E-state index in [-0.39, 0.29) is 39.5 Å². The maximum absolute atomic E-state index is 13.4. The fourth-order valence-electron chi connectivity index (χ4n) is 4.51. The molecule has 12 nitrogen and oxygen atoms in total. The number of hydrogen-bond acceptors (Lipinski definition) is 15. The molecule has 24 heteroatoms. The van der Waals surface area contributed by atoms with Gasteiger partial charge in [-0.15, -0.1) is 0 Å². The van der Waals surface area contributed by atoms with E-state index in [1.807, 2.05) is 54.6 Å². The van der Waals surface area contributed by atoms with Gasteiger partial charge in [-0.2, -0.15) is 0 Å². The first-order valence-electron chi connectivity index (χ1n) is 15.9. The highest BCUT2D eigenvalue weighted by atomic mass is 79.9. The van der Waals surface area contributed by atoms with Crippen molar-refractivity contribution in [3.8, 4) is 0 Å². The van der Waals surface area contributed by atoms with Gasteiger partial charge in [-0.1, -0.05) is 128 Å². The number of nitrogens with zero attached hydrogens (tertiary/aromatic N) is 3. The first-order valence-corrected chi connectivity index (χ1v) is 27.6. The lowest BCUT2D eigenvalue weighted by atomic mass is 10.2. The Kier molecular flexibility index (Phi) is 21.9. The van der Waals surface area contributed by atoms with Gasteiger partial charge in [0.2, 0.25) is 0 Å². The number of ether oxygens (including phenoxy) is 3. The lowest BCUT2D eigenvalue weighted by molar-refractivity contribution is 0.162. The molecule has 0 amide bonds. The minimum Gasteiger partial charge on any atom is -0.455 e. The zero-order valence-electron chi connectivity index (χ0n) is 28.8. The quantitative estimate of drug-likeness (QED) is 0.0529. The van der Waals surface area contributed by atoms with Crippen molar-refractivity contribution in [2.24, 2.45) is 0 Å². The van der Waals surface area contributed by atoms with Crippen molar-refractivity contribution < 1.29 is 28.6 Å². The summed E-state index contributed by atoms with van der Waals surface area (Å²) < 4.78 is 23.3. The predicted molar refractivity (Wildman–Crippen MR) is 255 cm³/mol. The van der Waals surface area contributed by atoms with E-state index in [1.165, 1.54) is 32.4 Å².